The molecule has 0 aliphatic rings. The minimum Gasteiger partial charge on any atom is -0.393 e. The molecule has 0 bridgehead atoms. The first-order valence-electron chi connectivity index (χ1n) is 6.13. The zero-order chi connectivity index (χ0) is 14.6. The Morgan fingerprint density at radius 2 is 2.11 bits per heavy atom. The first kappa shape index (κ1) is 14.9. The zero-order valence-corrected chi connectivity index (χ0v) is 11.4. The summed E-state index contributed by atoms with van der Waals surface area (Å²) in [5.41, 5.74) is 5.56. The van der Waals surface area contributed by atoms with Crippen LogP contribution in [0.25, 0.3) is 0 Å². The van der Waals surface area contributed by atoms with E-state index >= 15 is 0 Å². The van der Waals surface area contributed by atoms with Crippen molar-refractivity contribution in [1.82, 2.24) is 4.90 Å². The van der Waals surface area contributed by atoms with Crippen molar-refractivity contribution in [1.29, 1.82) is 0 Å². The summed E-state index contributed by atoms with van der Waals surface area (Å²) in [6.07, 6.45) is 0.872. The van der Waals surface area contributed by atoms with E-state index in [4.69, 9.17) is 5.73 Å². The zero-order valence-electron chi connectivity index (χ0n) is 11.4. The van der Waals surface area contributed by atoms with E-state index in [1.54, 1.807) is 7.05 Å². The molecule has 1 rings (SSSR count). The number of carbonyl (C=O) groups is 1. The van der Waals surface area contributed by atoms with E-state index < -0.39 is 4.92 Å². The lowest BCUT2D eigenvalue weighted by atomic mass is 10.1. The van der Waals surface area contributed by atoms with Crippen LogP contribution in [0.4, 0.5) is 11.4 Å². The Balaban J connectivity index is 2.94. The number of nitrogens with zero attached hydrogens (tertiary/aromatic N) is 2. The van der Waals surface area contributed by atoms with Gasteiger partial charge in [-0.1, -0.05) is 19.9 Å². The van der Waals surface area contributed by atoms with Gasteiger partial charge in [-0.25, -0.2) is 0 Å². The second-order valence-electron chi connectivity index (χ2n) is 4.90. The lowest BCUT2D eigenvalue weighted by Gasteiger charge is -2.19. The van der Waals surface area contributed by atoms with Crippen molar-refractivity contribution in [2.75, 3.05) is 19.3 Å². The fraction of sp³-hybridized carbons (Fsp3) is 0.462. The Kier molecular flexibility index (Phi) is 4.86. The number of carbonyl (C=O) groups excluding carboxylic acids is 1. The lowest BCUT2D eigenvalue weighted by Crippen LogP contribution is -2.29. The number of nitro benzene ring substituents is 1. The summed E-state index contributed by atoms with van der Waals surface area (Å²) in [4.78, 5) is 23.9. The smallest absolute Gasteiger partial charge is 0.292 e. The predicted octanol–water partition coefficient (Wildman–Crippen LogP) is 2.30. The summed E-state index contributed by atoms with van der Waals surface area (Å²) in [7, 11) is 1.67. The van der Waals surface area contributed by atoms with Gasteiger partial charge in [0.25, 0.3) is 11.6 Å². The SMILES string of the molecule is CC(C)CCN(C)C(=O)c1cccc([N+](=O)[O-])c1N. The Hall–Kier alpha value is -2.11. The molecule has 0 fully saturated rings. The molecule has 104 valence electrons. The first-order valence-corrected chi connectivity index (χ1v) is 6.13. The number of rotatable bonds is 5. The molecule has 1 aromatic rings. The van der Waals surface area contributed by atoms with Crippen molar-refractivity contribution in [2.24, 2.45) is 5.92 Å². The molecule has 0 aliphatic heterocycles. The van der Waals surface area contributed by atoms with Crippen LogP contribution in [0.1, 0.15) is 30.6 Å². The fourth-order valence-corrected chi connectivity index (χ4v) is 1.66. The minimum atomic E-state index is -0.583. The van der Waals surface area contributed by atoms with Crippen molar-refractivity contribution in [3.63, 3.8) is 0 Å². The molecule has 0 saturated heterocycles. The van der Waals surface area contributed by atoms with E-state index in [0.717, 1.165) is 6.42 Å². The molecule has 6 heteroatoms. The van der Waals surface area contributed by atoms with Crippen LogP contribution >= 0.6 is 0 Å². The van der Waals surface area contributed by atoms with Gasteiger partial charge in [0.2, 0.25) is 0 Å². The van der Waals surface area contributed by atoms with Crippen LogP contribution in [0.5, 0.6) is 0 Å². The number of nitrogens with two attached hydrogens (primary N) is 1. The van der Waals surface area contributed by atoms with Crippen LogP contribution in [0.2, 0.25) is 0 Å². The normalized spacial score (nSPS) is 10.5. The molecule has 0 radical (unpaired) electrons. The third-order valence-corrected chi connectivity index (χ3v) is 2.90. The van der Waals surface area contributed by atoms with E-state index in [2.05, 4.69) is 13.8 Å². The maximum atomic E-state index is 12.2. The second kappa shape index (κ2) is 6.17. The average molecular weight is 265 g/mol. The molecule has 0 atom stereocenters. The van der Waals surface area contributed by atoms with Gasteiger partial charge in [-0.15, -0.1) is 0 Å². The molecule has 0 aromatic heterocycles. The molecule has 0 aliphatic carbocycles. The van der Waals surface area contributed by atoms with Crippen LogP contribution in [0.3, 0.4) is 0 Å². The van der Waals surface area contributed by atoms with E-state index in [1.807, 2.05) is 0 Å². The number of anilines is 1. The number of nitrogen functional groups attached to an aromatic ring is 1. The maximum absolute atomic E-state index is 12.2. The number of nitro groups is 1. The topological polar surface area (TPSA) is 89.5 Å². The summed E-state index contributed by atoms with van der Waals surface area (Å²) < 4.78 is 0. The second-order valence-corrected chi connectivity index (χ2v) is 4.90. The molecule has 0 heterocycles. The van der Waals surface area contributed by atoms with Gasteiger partial charge < -0.3 is 10.6 Å². The van der Waals surface area contributed by atoms with Crippen LogP contribution < -0.4 is 5.73 Å². The number of hydrogen-bond acceptors (Lipinski definition) is 4. The monoisotopic (exact) mass is 265 g/mol. The maximum Gasteiger partial charge on any atom is 0.292 e. The average Bonchev–Trinajstić information content (AvgIpc) is 2.34. The number of benzene rings is 1. The van der Waals surface area contributed by atoms with Gasteiger partial charge in [-0.2, -0.15) is 0 Å². The van der Waals surface area contributed by atoms with E-state index in [9.17, 15) is 14.9 Å². The largest absolute Gasteiger partial charge is 0.393 e. The van der Waals surface area contributed by atoms with E-state index in [-0.39, 0.29) is 22.8 Å². The van der Waals surface area contributed by atoms with Crippen molar-refractivity contribution < 1.29 is 9.72 Å². The molecule has 19 heavy (non-hydrogen) atoms. The summed E-state index contributed by atoms with van der Waals surface area (Å²) in [5.74, 6) is 0.194. The molecular weight excluding hydrogens is 246 g/mol. The van der Waals surface area contributed by atoms with Crippen molar-refractivity contribution >= 4 is 17.3 Å². The van der Waals surface area contributed by atoms with Crippen molar-refractivity contribution in [2.45, 2.75) is 20.3 Å². The predicted molar refractivity (Wildman–Crippen MR) is 73.9 cm³/mol. The number of hydrogen-bond donors (Lipinski definition) is 1. The third-order valence-electron chi connectivity index (χ3n) is 2.90. The van der Waals surface area contributed by atoms with Crippen LogP contribution in [-0.4, -0.2) is 29.3 Å². The van der Waals surface area contributed by atoms with Gasteiger partial charge in [0, 0.05) is 19.7 Å². The number of para-hydroxylation sites is 1. The van der Waals surface area contributed by atoms with Crippen molar-refractivity contribution in [3.8, 4) is 0 Å². The quantitative estimate of drug-likeness (QED) is 0.502. The van der Waals surface area contributed by atoms with E-state index in [1.165, 1.54) is 23.1 Å². The molecule has 0 unspecified atom stereocenters. The van der Waals surface area contributed by atoms with Gasteiger partial charge >= 0.3 is 0 Å². The Morgan fingerprint density at radius 3 is 2.63 bits per heavy atom. The van der Waals surface area contributed by atoms with E-state index in [0.29, 0.717) is 12.5 Å². The lowest BCUT2D eigenvalue weighted by molar-refractivity contribution is -0.383. The van der Waals surface area contributed by atoms with Gasteiger partial charge in [0.15, 0.2) is 0 Å². The molecule has 6 nitrogen and oxygen atoms in total. The Labute approximate surface area is 112 Å². The summed E-state index contributed by atoms with van der Waals surface area (Å²) in [5, 5.41) is 10.8. The van der Waals surface area contributed by atoms with Gasteiger partial charge in [-0.3, -0.25) is 14.9 Å². The summed E-state index contributed by atoms with van der Waals surface area (Å²) >= 11 is 0. The summed E-state index contributed by atoms with van der Waals surface area (Å²) in [6.45, 7) is 4.73. The molecule has 1 amide bonds. The molecular formula is C13H19N3O3. The highest BCUT2D eigenvalue weighted by Crippen LogP contribution is 2.25. The van der Waals surface area contributed by atoms with Crippen molar-refractivity contribution in [3.05, 3.63) is 33.9 Å². The molecule has 0 saturated carbocycles. The van der Waals surface area contributed by atoms with Gasteiger partial charge in [-0.05, 0) is 18.4 Å². The molecule has 1 aromatic carbocycles. The third kappa shape index (κ3) is 3.67. The molecule has 0 spiro atoms. The number of amides is 1. The van der Waals surface area contributed by atoms with Crippen LogP contribution in [0.15, 0.2) is 18.2 Å². The van der Waals surface area contributed by atoms with Crippen LogP contribution in [-0.2, 0) is 0 Å². The Morgan fingerprint density at radius 1 is 1.47 bits per heavy atom. The standard InChI is InChI=1S/C13H19N3O3/c1-9(2)7-8-15(3)13(17)10-5-4-6-11(12(10)14)16(18)19/h4-6,9H,7-8,14H2,1-3H3. The minimum absolute atomic E-state index is 0.0751. The first-order chi connectivity index (χ1) is 8.84. The van der Waals surface area contributed by atoms with Gasteiger partial charge in [0.1, 0.15) is 5.69 Å². The summed E-state index contributed by atoms with van der Waals surface area (Å²) in [6, 6.07) is 4.27. The van der Waals surface area contributed by atoms with Gasteiger partial charge in [0.05, 0.1) is 10.5 Å². The fourth-order valence-electron chi connectivity index (χ4n) is 1.66. The Bertz CT molecular complexity index is 486. The highest BCUT2D eigenvalue weighted by molar-refractivity contribution is 6.00. The highest BCUT2D eigenvalue weighted by Gasteiger charge is 2.21. The van der Waals surface area contributed by atoms with Crippen LogP contribution in [0, 0.1) is 16.0 Å². The molecule has 2 N–H and O–H groups in total. The highest BCUT2D eigenvalue weighted by atomic mass is 16.6.